The first-order valence-corrected chi connectivity index (χ1v) is 5.94. The smallest absolute Gasteiger partial charge is 0.0436 e. The van der Waals surface area contributed by atoms with Crippen molar-refractivity contribution in [1.29, 1.82) is 0 Å². The van der Waals surface area contributed by atoms with Crippen molar-refractivity contribution >= 4 is 0 Å². The van der Waals surface area contributed by atoms with Gasteiger partial charge in [-0.2, -0.15) is 0 Å². The minimum atomic E-state index is 0.236. The molecule has 0 spiro atoms. The van der Waals surface area contributed by atoms with E-state index >= 15 is 0 Å². The fourth-order valence-corrected chi connectivity index (χ4v) is 1.49. The number of aliphatic hydroxyl groups is 1. The maximum atomic E-state index is 8.85. The van der Waals surface area contributed by atoms with Crippen LogP contribution in [0.15, 0.2) is 0 Å². The van der Waals surface area contributed by atoms with Gasteiger partial charge >= 0.3 is 0 Å². The lowest BCUT2D eigenvalue weighted by Crippen LogP contribution is -2.30. The van der Waals surface area contributed by atoms with Gasteiger partial charge in [0.15, 0.2) is 0 Å². The van der Waals surface area contributed by atoms with Crippen LogP contribution in [0.3, 0.4) is 0 Å². The lowest BCUT2D eigenvalue weighted by molar-refractivity contribution is 0.207. The number of aliphatic hydroxyl groups excluding tert-OH is 1. The molecule has 0 fully saturated rings. The topological polar surface area (TPSA) is 32.3 Å². The number of hydrogen-bond acceptors (Lipinski definition) is 2. The van der Waals surface area contributed by atoms with Crippen molar-refractivity contribution in [3.05, 3.63) is 0 Å². The van der Waals surface area contributed by atoms with Crippen molar-refractivity contribution in [2.24, 2.45) is 5.41 Å². The molecule has 0 amide bonds. The Hall–Kier alpha value is -0.0800. The Balaban J connectivity index is 3.26. The molecule has 0 saturated heterocycles. The second-order valence-corrected chi connectivity index (χ2v) is 4.88. The van der Waals surface area contributed by atoms with Crippen LogP contribution in [0.5, 0.6) is 0 Å². The van der Waals surface area contributed by atoms with E-state index in [-0.39, 0.29) is 5.41 Å². The van der Waals surface area contributed by atoms with Crippen molar-refractivity contribution in [3.8, 4) is 0 Å². The van der Waals surface area contributed by atoms with Gasteiger partial charge in [-0.15, -0.1) is 0 Å². The fourth-order valence-electron chi connectivity index (χ4n) is 1.49. The largest absolute Gasteiger partial charge is 0.396 e. The Morgan fingerprint density at radius 3 is 2.43 bits per heavy atom. The first kappa shape index (κ1) is 13.9. The van der Waals surface area contributed by atoms with Crippen LogP contribution in [0.2, 0.25) is 0 Å². The first-order valence-electron chi connectivity index (χ1n) is 5.94. The van der Waals surface area contributed by atoms with Crippen LogP contribution in [0.1, 0.15) is 52.9 Å². The average molecular weight is 201 g/mol. The molecule has 0 aromatic carbocycles. The molecule has 2 heteroatoms. The van der Waals surface area contributed by atoms with Crippen LogP contribution in [0.25, 0.3) is 0 Å². The van der Waals surface area contributed by atoms with Crippen molar-refractivity contribution < 1.29 is 5.11 Å². The molecule has 0 aromatic heterocycles. The summed E-state index contributed by atoms with van der Waals surface area (Å²) >= 11 is 0. The van der Waals surface area contributed by atoms with Crippen LogP contribution in [-0.2, 0) is 0 Å². The SMILES string of the molecule is CCCCCCNCC(C)(C)CCO. The monoisotopic (exact) mass is 201 g/mol. The summed E-state index contributed by atoms with van der Waals surface area (Å²) in [6.07, 6.45) is 6.15. The zero-order valence-corrected chi connectivity index (χ0v) is 10.1. The van der Waals surface area contributed by atoms with E-state index in [9.17, 15) is 0 Å². The third-order valence-electron chi connectivity index (χ3n) is 2.60. The molecule has 0 radical (unpaired) electrons. The summed E-state index contributed by atoms with van der Waals surface area (Å²) in [4.78, 5) is 0. The van der Waals surface area contributed by atoms with Crippen LogP contribution < -0.4 is 5.32 Å². The quantitative estimate of drug-likeness (QED) is 0.562. The van der Waals surface area contributed by atoms with Gasteiger partial charge in [-0.1, -0.05) is 40.0 Å². The van der Waals surface area contributed by atoms with Crippen molar-refractivity contribution in [2.75, 3.05) is 19.7 Å². The highest BCUT2D eigenvalue weighted by Crippen LogP contribution is 2.17. The van der Waals surface area contributed by atoms with Crippen LogP contribution >= 0.6 is 0 Å². The van der Waals surface area contributed by atoms with Gasteiger partial charge < -0.3 is 10.4 Å². The van der Waals surface area contributed by atoms with Gasteiger partial charge in [0, 0.05) is 13.2 Å². The van der Waals surface area contributed by atoms with Gasteiger partial charge in [-0.05, 0) is 24.8 Å². The number of unbranched alkanes of at least 4 members (excludes halogenated alkanes) is 3. The zero-order chi connectivity index (χ0) is 10.9. The summed E-state index contributed by atoms with van der Waals surface area (Å²) in [5, 5.41) is 12.3. The Kier molecular flexibility index (Phi) is 8.20. The third kappa shape index (κ3) is 8.52. The summed E-state index contributed by atoms with van der Waals surface area (Å²) in [7, 11) is 0. The highest BCUT2D eigenvalue weighted by molar-refractivity contribution is 4.70. The van der Waals surface area contributed by atoms with Crippen molar-refractivity contribution in [1.82, 2.24) is 5.32 Å². The maximum Gasteiger partial charge on any atom is 0.0436 e. The Labute approximate surface area is 89.1 Å². The molecule has 0 aliphatic rings. The van der Waals surface area contributed by atoms with E-state index < -0.39 is 0 Å². The molecule has 0 aliphatic heterocycles. The molecule has 0 saturated carbocycles. The molecule has 0 aliphatic carbocycles. The van der Waals surface area contributed by atoms with Gasteiger partial charge in [0.05, 0.1) is 0 Å². The highest BCUT2D eigenvalue weighted by Gasteiger charge is 2.15. The van der Waals surface area contributed by atoms with E-state index in [1.165, 1.54) is 25.7 Å². The second-order valence-electron chi connectivity index (χ2n) is 4.88. The van der Waals surface area contributed by atoms with Crippen LogP contribution in [0.4, 0.5) is 0 Å². The first-order chi connectivity index (χ1) is 6.62. The molecule has 14 heavy (non-hydrogen) atoms. The minimum Gasteiger partial charge on any atom is -0.396 e. The van der Waals surface area contributed by atoms with Gasteiger partial charge in [0.2, 0.25) is 0 Å². The lowest BCUT2D eigenvalue weighted by atomic mass is 9.90. The van der Waals surface area contributed by atoms with E-state index in [1.54, 1.807) is 0 Å². The molecule has 0 bridgehead atoms. The average Bonchev–Trinajstić information content (AvgIpc) is 2.11. The summed E-state index contributed by atoms with van der Waals surface area (Å²) in [6.45, 7) is 9.06. The van der Waals surface area contributed by atoms with Gasteiger partial charge in [0.25, 0.3) is 0 Å². The number of rotatable bonds is 9. The fraction of sp³-hybridized carbons (Fsp3) is 1.00. The molecule has 0 heterocycles. The molecule has 0 rings (SSSR count). The third-order valence-corrected chi connectivity index (χ3v) is 2.60. The number of hydrogen-bond donors (Lipinski definition) is 2. The zero-order valence-electron chi connectivity index (χ0n) is 10.1. The highest BCUT2D eigenvalue weighted by atomic mass is 16.3. The predicted molar refractivity (Wildman–Crippen MR) is 62.5 cm³/mol. The Morgan fingerprint density at radius 2 is 1.86 bits per heavy atom. The van der Waals surface area contributed by atoms with E-state index in [0.29, 0.717) is 6.61 Å². The van der Waals surface area contributed by atoms with Crippen molar-refractivity contribution in [2.45, 2.75) is 52.9 Å². The van der Waals surface area contributed by atoms with Crippen molar-refractivity contribution in [3.63, 3.8) is 0 Å². The van der Waals surface area contributed by atoms with E-state index in [2.05, 4.69) is 26.1 Å². The molecular formula is C12H27NO. The molecule has 2 nitrogen and oxygen atoms in total. The maximum absolute atomic E-state index is 8.85. The molecule has 0 atom stereocenters. The van der Waals surface area contributed by atoms with E-state index in [0.717, 1.165) is 19.5 Å². The number of nitrogens with one attached hydrogen (secondary N) is 1. The lowest BCUT2D eigenvalue weighted by Gasteiger charge is -2.23. The van der Waals surface area contributed by atoms with Gasteiger partial charge in [-0.25, -0.2) is 0 Å². The Bertz CT molecular complexity index is 123. The Morgan fingerprint density at radius 1 is 1.14 bits per heavy atom. The van der Waals surface area contributed by atoms with Gasteiger partial charge in [0.1, 0.15) is 0 Å². The molecular weight excluding hydrogens is 174 g/mol. The standard InChI is InChI=1S/C12H27NO/c1-4-5-6-7-9-13-11-12(2,3)8-10-14/h13-14H,4-11H2,1-3H3. The van der Waals surface area contributed by atoms with E-state index in [4.69, 9.17) is 5.11 Å². The minimum absolute atomic E-state index is 0.236. The summed E-state index contributed by atoms with van der Waals surface area (Å²) in [6, 6.07) is 0. The second kappa shape index (κ2) is 8.25. The molecule has 2 N–H and O–H groups in total. The normalized spacial score (nSPS) is 12.0. The van der Waals surface area contributed by atoms with Crippen LogP contribution in [-0.4, -0.2) is 24.8 Å². The molecule has 86 valence electrons. The van der Waals surface area contributed by atoms with E-state index in [1.807, 2.05) is 0 Å². The summed E-state index contributed by atoms with van der Waals surface area (Å²) in [5.41, 5.74) is 0.236. The molecule has 0 aromatic rings. The summed E-state index contributed by atoms with van der Waals surface area (Å²) in [5.74, 6) is 0. The predicted octanol–water partition coefficient (Wildman–Crippen LogP) is 2.56. The van der Waals surface area contributed by atoms with Gasteiger partial charge in [-0.3, -0.25) is 0 Å². The van der Waals surface area contributed by atoms with Crippen LogP contribution in [0, 0.1) is 5.41 Å². The molecule has 0 unspecified atom stereocenters. The summed E-state index contributed by atoms with van der Waals surface area (Å²) < 4.78 is 0.